The van der Waals surface area contributed by atoms with Gasteiger partial charge in [0.15, 0.2) is 6.10 Å². The molecule has 6 nitrogen and oxygen atoms in total. The molecule has 0 bridgehead atoms. The molecule has 0 saturated carbocycles. The maximum absolute atomic E-state index is 11.4. The van der Waals surface area contributed by atoms with Crippen molar-refractivity contribution < 1.29 is 19.7 Å². The quantitative estimate of drug-likeness (QED) is 0.847. The van der Waals surface area contributed by atoms with Crippen LogP contribution in [-0.2, 0) is 9.53 Å². The Kier molecular flexibility index (Phi) is 4.72. The summed E-state index contributed by atoms with van der Waals surface area (Å²) < 4.78 is 6.99. The lowest BCUT2D eigenvalue weighted by Gasteiger charge is -2.20. The molecule has 112 valence electrons. The number of benzene rings is 1. The Morgan fingerprint density at radius 1 is 1.29 bits per heavy atom. The molecule has 1 heterocycles. The maximum atomic E-state index is 11.4. The lowest BCUT2D eigenvalue weighted by molar-refractivity contribution is -0.158. The van der Waals surface area contributed by atoms with Crippen molar-refractivity contribution in [3.63, 3.8) is 0 Å². The smallest absolute Gasteiger partial charge is 0.337 e. The van der Waals surface area contributed by atoms with Crippen molar-refractivity contribution >= 4 is 5.97 Å². The third-order valence-electron chi connectivity index (χ3n) is 3.18. The molecular formula is C15H18N2O4. The third kappa shape index (κ3) is 3.68. The number of rotatable bonds is 6. The first-order chi connectivity index (χ1) is 9.99. The van der Waals surface area contributed by atoms with E-state index in [2.05, 4.69) is 5.10 Å². The number of aromatic nitrogens is 2. The molecule has 0 aliphatic rings. The van der Waals surface area contributed by atoms with E-state index in [1.54, 1.807) is 24.7 Å². The van der Waals surface area contributed by atoms with Gasteiger partial charge in [-0.2, -0.15) is 5.10 Å². The number of carboxylic acids is 1. The van der Waals surface area contributed by atoms with E-state index in [0.717, 1.165) is 5.69 Å². The number of aliphatic hydroxyl groups is 1. The lowest BCUT2D eigenvalue weighted by atomic mass is 10.2. The van der Waals surface area contributed by atoms with Crippen LogP contribution < -0.4 is 0 Å². The molecule has 0 aliphatic carbocycles. The van der Waals surface area contributed by atoms with Gasteiger partial charge in [0, 0.05) is 11.8 Å². The number of carbonyl (C=O) groups is 1. The fourth-order valence-electron chi connectivity index (χ4n) is 1.80. The van der Waals surface area contributed by atoms with Gasteiger partial charge in [-0.1, -0.05) is 18.2 Å². The number of aliphatic carboxylic acids is 1. The van der Waals surface area contributed by atoms with Gasteiger partial charge in [0.2, 0.25) is 0 Å². The largest absolute Gasteiger partial charge is 0.479 e. The van der Waals surface area contributed by atoms with Crippen LogP contribution in [0.15, 0.2) is 42.7 Å². The molecule has 1 aromatic carbocycles. The molecule has 3 atom stereocenters. The van der Waals surface area contributed by atoms with E-state index >= 15 is 0 Å². The van der Waals surface area contributed by atoms with E-state index in [1.807, 2.05) is 30.3 Å². The van der Waals surface area contributed by atoms with Crippen LogP contribution in [0.25, 0.3) is 5.69 Å². The second-order valence-electron chi connectivity index (χ2n) is 4.85. The molecule has 21 heavy (non-hydrogen) atoms. The molecule has 6 heteroatoms. The number of nitrogens with zero attached hydrogens (tertiary/aromatic N) is 2. The SMILES string of the molecule is CC(O)C(C)OC(C(=O)O)c1cnn(-c2ccccc2)c1. The summed E-state index contributed by atoms with van der Waals surface area (Å²) in [4.78, 5) is 11.4. The Hall–Kier alpha value is -2.18. The van der Waals surface area contributed by atoms with Crippen LogP contribution in [-0.4, -0.2) is 38.2 Å². The fourth-order valence-corrected chi connectivity index (χ4v) is 1.80. The Labute approximate surface area is 122 Å². The Balaban J connectivity index is 2.22. The highest BCUT2D eigenvalue weighted by molar-refractivity contribution is 5.74. The Morgan fingerprint density at radius 3 is 2.52 bits per heavy atom. The second kappa shape index (κ2) is 6.51. The minimum atomic E-state index is -1.16. The molecule has 0 saturated heterocycles. The van der Waals surface area contributed by atoms with Crippen molar-refractivity contribution in [3.05, 3.63) is 48.3 Å². The van der Waals surface area contributed by atoms with Crippen molar-refractivity contribution in [2.75, 3.05) is 0 Å². The van der Waals surface area contributed by atoms with E-state index in [4.69, 9.17) is 4.74 Å². The molecule has 0 fully saturated rings. The van der Waals surface area contributed by atoms with Gasteiger partial charge in [-0.15, -0.1) is 0 Å². The van der Waals surface area contributed by atoms with Gasteiger partial charge < -0.3 is 14.9 Å². The van der Waals surface area contributed by atoms with Gasteiger partial charge in [0.25, 0.3) is 0 Å². The van der Waals surface area contributed by atoms with Crippen molar-refractivity contribution in [2.45, 2.75) is 32.2 Å². The molecule has 0 amide bonds. The molecule has 2 rings (SSSR count). The first kappa shape index (κ1) is 15.2. The molecule has 2 N–H and O–H groups in total. The summed E-state index contributed by atoms with van der Waals surface area (Å²) in [6, 6.07) is 9.37. The number of carboxylic acid groups (broad SMARTS) is 1. The van der Waals surface area contributed by atoms with Crippen LogP contribution in [0.1, 0.15) is 25.5 Å². The second-order valence-corrected chi connectivity index (χ2v) is 4.85. The van der Waals surface area contributed by atoms with E-state index in [0.29, 0.717) is 5.56 Å². The number of hydrogen-bond acceptors (Lipinski definition) is 4. The van der Waals surface area contributed by atoms with Crippen molar-refractivity contribution in [3.8, 4) is 5.69 Å². The van der Waals surface area contributed by atoms with Crippen LogP contribution >= 0.6 is 0 Å². The fraction of sp³-hybridized carbons (Fsp3) is 0.333. The zero-order valence-corrected chi connectivity index (χ0v) is 11.9. The average molecular weight is 290 g/mol. The first-order valence-electron chi connectivity index (χ1n) is 6.65. The first-order valence-corrected chi connectivity index (χ1v) is 6.65. The van der Waals surface area contributed by atoms with E-state index < -0.39 is 24.3 Å². The Morgan fingerprint density at radius 2 is 1.95 bits per heavy atom. The summed E-state index contributed by atoms with van der Waals surface area (Å²) in [6.07, 6.45) is 0.568. The standard InChI is InChI=1S/C15H18N2O4/c1-10(18)11(2)21-14(15(19)20)12-8-16-17(9-12)13-6-4-3-5-7-13/h3-11,14,18H,1-2H3,(H,19,20). The molecule has 3 unspecified atom stereocenters. The van der Waals surface area contributed by atoms with Gasteiger partial charge in [0.1, 0.15) is 0 Å². The van der Waals surface area contributed by atoms with Crippen molar-refractivity contribution in [1.82, 2.24) is 9.78 Å². The zero-order valence-electron chi connectivity index (χ0n) is 11.9. The van der Waals surface area contributed by atoms with Gasteiger partial charge in [-0.25, -0.2) is 9.48 Å². The number of ether oxygens (including phenoxy) is 1. The highest BCUT2D eigenvalue weighted by Gasteiger charge is 2.26. The van der Waals surface area contributed by atoms with Crippen molar-refractivity contribution in [1.29, 1.82) is 0 Å². The minimum absolute atomic E-state index is 0.429. The molecule has 0 aliphatic heterocycles. The molecule has 0 spiro atoms. The maximum Gasteiger partial charge on any atom is 0.337 e. The Bertz CT molecular complexity index is 595. The van der Waals surface area contributed by atoms with Crippen LogP contribution in [0.4, 0.5) is 0 Å². The predicted molar refractivity (Wildman–Crippen MR) is 76.2 cm³/mol. The van der Waals surface area contributed by atoms with Gasteiger partial charge in [0.05, 0.1) is 24.1 Å². The van der Waals surface area contributed by atoms with Crippen molar-refractivity contribution in [2.24, 2.45) is 0 Å². The lowest BCUT2D eigenvalue weighted by Crippen LogP contribution is -2.28. The average Bonchev–Trinajstić information content (AvgIpc) is 2.94. The number of hydrogen-bond donors (Lipinski definition) is 2. The number of aliphatic hydroxyl groups excluding tert-OH is 1. The molecule has 1 aromatic heterocycles. The molecule has 0 radical (unpaired) electrons. The van der Waals surface area contributed by atoms with E-state index in [1.165, 1.54) is 6.20 Å². The summed E-state index contributed by atoms with van der Waals surface area (Å²) in [5.74, 6) is -1.12. The third-order valence-corrected chi connectivity index (χ3v) is 3.18. The van der Waals surface area contributed by atoms with Gasteiger partial charge >= 0.3 is 5.97 Å². The zero-order chi connectivity index (χ0) is 15.4. The van der Waals surface area contributed by atoms with Crippen LogP contribution in [0.2, 0.25) is 0 Å². The van der Waals surface area contributed by atoms with Crippen LogP contribution in [0.5, 0.6) is 0 Å². The summed E-state index contributed by atoms with van der Waals surface area (Å²) in [6.45, 7) is 3.18. The summed E-state index contributed by atoms with van der Waals surface area (Å²) in [5, 5.41) is 22.9. The van der Waals surface area contributed by atoms with E-state index in [9.17, 15) is 15.0 Å². The highest BCUT2D eigenvalue weighted by atomic mass is 16.5. The molecular weight excluding hydrogens is 272 g/mol. The van der Waals surface area contributed by atoms with Gasteiger partial charge in [-0.05, 0) is 26.0 Å². The monoisotopic (exact) mass is 290 g/mol. The van der Waals surface area contributed by atoms with Crippen LogP contribution in [0, 0.1) is 0 Å². The summed E-state index contributed by atoms with van der Waals surface area (Å²) in [7, 11) is 0. The van der Waals surface area contributed by atoms with E-state index in [-0.39, 0.29) is 0 Å². The summed E-state index contributed by atoms with van der Waals surface area (Å²) in [5.41, 5.74) is 1.26. The topological polar surface area (TPSA) is 84.6 Å². The highest BCUT2D eigenvalue weighted by Crippen LogP contribution is 2.21. The number of para-hydroxylation sites is 1. The molecule has 2 aromatic rings. The predicted octanol–water partition coefficient (Wildman–Crippen LogP) is 1.78. The normalized spacial score (nSPS) is 15.4. The summed E-state index contributed by atoms with van der Waals surface area (Å²) >= 11 is 0. The van der Waals surface area contributed by atoms with Gasteiger partial charge in [-0.3, -0.25) is 0 Å². The minimum Gasteiger partial charge on any atom is -0.479 e. The van der Waals surface area contributed by atoms with Crippen LogP contribution in [0.3, 0.4) is 0 Å².